The molecule has 0 N–H and O–H groups in total. The zero-order chi connectivity index (χ0) is 6.62. The summed E-state index contributed by atoms with van der Waals surface area (Å²) in [5.41, 5.74) is 0. The molecular weight excluding hydrogens is 122 g/mol. The first-order valence-corrected chi connectivity index (χ1v) is 3.52. The molecule has 0 saturated heterocycles. The van der Waals surface area contributed by atoms with Crippen LogP contribution in [0.25, 0.3) is 0 Å². The Morgan fingerprint density at radius 3 is 2.00 bits per heavy atom. The van der Waals surface area contributed by atoms with Gasteiger partial charge >= 0.3 is 0 Å². The fourth-order valence-electron chi connectivity index (χ4n) is 0.311. The summed E-state index contributed by atoms with van der Waals surface area (Å²) in [4.78, 5) is 0. The maximum absolute atomic E-state index is 9.88. The fourth-order valence-corrected chi connectivity index (χ4v) is 0.933. The van der Waals surface area contributed by atoms with Crippen molar-refractivity contribution in [3.8, 4) is 0 Å². The van der Waals surface area contributed by atoms with Crippen molar-refractivity contribution in [2.45, 2.75) is 0 Å². The lowest BCUT2D eigenvalue weighted by Gasteiger charge is -2.24. The first-order valence-electron chi connectivity index (χ1n) is 2.61. The van der Waals surface area contributed by atoms with Crippen molar-refractivity contribution < 1.29 is 9.04 Å². The van der Waals surface area contributed by atoms with Gasteiger partial charge in [0.1, 0.15) is 0 Å². The lowest BCUT2D eigenvalue weighted by atomic mass is 10.6. The Bertz CT molecular complexity index is 59.9. The van der Waals surface area contributed by atoms with E-state index in [9.17, 15) is 4.55 Å². The molecule has 0 saturated carbocycles. The number of hydrogen-bond acceptors (Lipinski definition) is 2. The second-order valence-corrected chi connectivity index (χ2v) is 3.48. The van der Waals surface area contributed by atoms with E-state index in [2.05, 4.69) is 21.1 Å². The van der Waals surface area contributed by atoms with E-state index in [1.807, 2.05) is 0 Å². The average Bonchev–Trinajstić information content (AvgIpc) is 1.59. The van der Waals surface area contributed by atoms with Crippen LogP contribution in [0.5, 0.6) is 0 Å². The van der Waals surface area contributed by atoms with E-state index < -0.39 is 0 Å². The molecule has 8 heavy (non-hydrogen) atoms. The van der Waals surface area contributed by atoms with E-state index in [1.54, 1.807) is 0 Å². The minimum Gasteiger partial charge on any atom is -0.799 e. The highest BCUT2D eigenvalue weighted by molar-refractivity contribution is 7.93. The molecule has 0 fully saturated rings. The van der Waals surface area contributed by atoms with Gasteiger partial charge in [0.05, 0.1) is 27.7 Å². The number of hydrogen-bond donors (Lipinski definition) is 0. The van der Waals surface area contributed by atoms with E-state index in [-0.39, 0.29) is 0 Å². The summed E-state index contributed by atoms with van der Waals surface area (Å²) in [7, 11) is 6.24. The molecule has 0 spiro atoms. The van der Waals surface area contributed by atoms with E-state index in [1.165, 1.54) is 0 Å². The van der Waals surface area contributed by atoms with E-state index in [0.717, 1.165) is 11.0 Å². The van der Waals surface area contributed by atoms with Gasteiger partial charge in [-0.05, 0) is 0 Å². The minimum absolute atomic E-state index is 0.663. The summed E-state index contributed by atoms with van der Waals surface area (Å²) in [5.74, 6) is 0.712. The van der Waals surface area contributed by atoms with Crippen molar-refractivity contribution in [1.29, 1.82) is 0 Å². The third kappa shape index (κ3) is 6.27. The van der Waals surface area contributed by atoms with Gasteiger partial charge in [0.25, 0.3) is 0 Å². The quantitative estimate of drug-likeness (QED) is 0.417. The largest absolute Gasteiger partial charge is 0.799 e. The molecule has 0 unspecified atom stereocenters. The standard InChI is InChI=1S/C5H13NOS/c1-6(2,3)4-5-8-7/h4-5H2,1-3H3. The van der Waals surface area contributed by atoms with Crippen LogP contribution in [-0.4, -0.2) is 42.5 Å². The SMILES string of the molecule is C[N+](C)(C)CCS[O-]. The first kappa shape index (κ1) is 8.27. The van der Waals surface area contributed by atoms with Gasteiger partial charge in [-0.1, -0.05) is 0 Å². The van der Waals surface area contributed by atoms with Crippen molar-refractivity contribution in [1.82, 2.24) is 0 Å². The lowest BCUT2D eigenvalue weighted by Crippen LogP contribution is -2.36. The van der Waals surface area contributed by atoms with Gasteiger partial charge in [0.15, 0.2) is 0 Å². The van der Waals surface area contributed by atoms with Crippen molar-refractivity contribution >= 4 is 12.0 Å². The predicted molar refractivity (Wildman–Crippen MR) is 36.1 cm³/mol. The van der Waals surface area contributed by atoms with Crippen LogP contribution in [0.1, 0.15) is 0 Å². The van der Waals surface area contributed by atoms with Crippen molar-refractivity contribution in [2.75, 3.05) is 33.4 Å². The van der Waals surface area contributed by atoms with Gasteiger partial charge < -0.3 is 9.04 Å². The summed E-state index contributed by atoms with van der Waals surface area (Å²) >= 11 is 0.663. The Hall–Kier alpha value is 0.270. The molecule has 0 aromatic heterocycles. The third-order valence-electron chi connectivity index (χ3n) is 0.845. The summed E-state index contributed by atoms with van der Waals surface area (Å²) in [6, 6.07) is 0. The van der Waals surface area contributed by atoms with E-state index >= 15 is 0 Å². The molecule has 50 valence electrons. The second-order valence-electron chi connectivity index (χ2n) is 2.84. The van der Waals surface area contributed by atoms with Crippen LogP contribution < -0.4 is 0 Å². The Kier molecular flexibility index (Phi) is 3.44. The molecule has 0 aromatic carbocycles. The molecule has 2 nitrogen and oxygen atoms in total. The van der Waals surface area contributed by atoms with Crippen molar-refractivity contribution in [3.05, 3.63) is 0 Å². The van der Waals surface area contributed by atoms with Gasteiger partial charge in [-0.3, -0.25) is 12.0 Å². The number of quaternary nitrogens is 1. The molecule has 3 heteroatoms. The van der Waals surface area contributed by atoms with Crippen LogP contribution >= 0.6 is 12.0 Å². The Balaban J connectivity index is 3.11. The molecule has 0 aliphatic heterocycles. The van der Waals surface area contributed by atoms with Gasteiger partial charge in [-0.25, -0.2) is 0 Å². The zero-order valence-electron chi connectivity index (χ0n) is 5.68. The molecule has 0 aliphatic carbocycles. The van der Waals surface area contributed by atoms with Crippen LogP contribution in [0, 0.1) is 0 Å². The molecular formula is C5H13NOS. The highest BCUT2D eigenvalue weighted by Crippen LogP contribution is 1.95. The molecule has 0 radical (unpaired) electrons. The summed E-state index contributed by atoms with van der Waals surface area (Å²) in [5, 5.41) is 0. The van der Waals surface area contributed by atoms with Crippen molar-refractivity contribution in [2.24, 2.45) is 0 Å². The summed E-state index contributed by atoms with van der Waals surface area (Å²) in [6.07, 6.45) is 0. The molecule has 0 rings (SSSR count). The molecule has 0 heterocycles. The van der Waals surface area contributed by atoms with Crippen molar-refractivity contribution in [3.63, 3.8) is 0 Å². The van der Waals surface area contributed by atoms with Gasteiger partial charge in [0.2, 0.25) is 0 Å². The van der Waals surface area contributed by atoms with E-state index in [0.29, 0.717) is 17.8 Å². The highest BCUT2D eigenvalue weighted by atomic mass is 32.2. The molecule has 0 bridgehead atoms. The zero-order valence-corrected chi connectivity index (χ0v) is 6.49. The van der Waals surface area contributed by atoms with Gasteiger partial charge in [0, 0.05) is 5.75 Å². The maximum atomic E-state index is 9.88. The molecule has 0 amide bonds. The van der Waals surface area contributed by atoms with Crippen LogP contribution in [0.3, 0.4) is 0 Å². The maximum Gasteiger partial charge on any atom is 0.0861 e. The average molecular weight is 135 g/mol. The summed E-state index contributed by atoms with van der Waals surface area (Å²) < 4.78 is 10.8. The first-order chi connectivity index (χ1) is 3.56. The van der Waals surface area contributed by atoms with Crippen LogP contribution in [-0.2, 0) is 0 Å². The third-order valence-corrected chi connectivity index (χ3v) is 1.19. The minimum atomic E-state index is 0.663. The van der Waals surface area contributed by atoms with Crippen LogP contribution in [0.2, 0.25) is 0 Å². The molecule has 0 aromatic rings. The Morgan fingerprint density at radius 2 is 1.88 bits per heavy atom. The topological polar surface area (TPSA) is 23.1 Å². The smallest absolute Gasteiger partial charge is 0.0861 e. The Morgan fingerprint density at radius 1 is 1.38 bits per heavy atom. The fraction of sp³-hybridized carbons (Fsp3) is 1.00. The number of nitrogens with zero attached hydrogens (tertiary/aromatic N) is 1. The monoisotopic (exact) mass is 135 g/mol. The summed E-state index contributed by atoms with van der Waals surface area (Å²) in [6.45, 7) is 0.953. The lowest BCUT2D eigenvalue weighted by molar-refractivity contribution is -0.867. The number of rotatable bonds is 3. The van der Waals surface area contributed by atoms with E-state index in [4.69, 9.17) is 0 Å². The van der Waals surface area contributed by atoms with Gasteiger partial charge in [-0.2, -0.15) is 0 Å². The second kappa shape index (κ2) is 3.33. The highest BCUT2D eigenvalue weighted by Gasteiger charge is 2.02. The Labute approximate surface area is 55.3 Å². The van der Waals surface area contributed by atoms with Gasteiger partial charge in [-0.15, -0.1) is 0 Å². The molecule has 0 aliphatic rings. The van der Waals surface area contributed by atoms with Crippen LogP contribution in [0.15, 0.2) is 0 Å². The molecule has 0 atom stereocenters. The van der Waals surface area contributed by atoms with Crippen LogP contribution in [0.4, 0.5) is 0 Å². The normalized spacial score (nSPS) is 12.0. The predicted octanol–water partition coefficient (Wildman–Crippen LogP) is 0.556.